The second-order valence-electron chi connectivity index (χ2n) is 29.1. The molecule has 35 heteroatoms. The SMILES string of the molecule is Cn1cc(-c2ccc(Br)cc2F)cn1.Cn1cc(-c2ccc(N3CCC(C4c5c(F)cccc5-c5cncn54)CC3)cc2F)cn1.Cn1cc(-c2ccc(N3CCC(C4c5c(F)cccc5-c5cncn54)CC3)cc2F)cn1.Fc1cc(Br)ccc1I.Fc1cccc2c1C(C1CCNCC1)n1cncc1-2.O=C(O)C(F)(F)F.O=C(O)C(F)(F)F. The van der Waals surface area contributed by atoms with Crippen LogP contribution >= 0.6 is 54.5 Å². The number of fused-ring (bicyclic) bond motifs is 9. The van der Waals surface area contributed by atoms with Crippen LogP contribution in [0.25, 0.3) is 67.2 Å². The van der Waals surface area contributed by atoms with E-state index >= 15 is 0 Å². The molecule has 3 saturated heterocycles. The molecule has 3 fully saturated rings. The molecule has 0 bridgehead atoms. The summed E-state index contributed by atoms with van der Waals surface area (Å²) in [6.07, 6.45) is 17.0. The quantitative estimate of drug-likeness (QED) is 0.0738. The summed E-state index contributed by atoms with van der Waals surface area (Å²) >= 11 is 8.31. The van der Waals surface area contributed by atoms with Crippen molar-refractivity contribution in [3.05, 3.63) is 272 Å². The zero-order valence-electron chi connectivity index (χ0n) is 64.0. The third-order valence-electron chi connectivity index (χ3n) is 21.6. The van der Waals surface area contributed by atoms with Crippen LogP contribution in [-0.4, -0.2) is 132 Å². The van der Waals surface area contributed by atoms with Gasteiger partial charge in [0.05, 0.1) is 91.4 Å². The second kappa shape index (κ2) is 37.4. The zero-order chi connectivity index (χ0) is 85.6. The number of alkyl halides is 6. The number of hydrogen-bond acceptors (Lipinski definition) is 11. The maximum atomic E-state index is 14.8. The Labute approximate surface area is 709 Å². The molecule has 6 aliphatic heterocycles. The van der Waals surface area contributed by atoms with Crippen molar-refractivity contribution in [2.45, 2.75) is 69.0 Å². The van der Waals surface area contributed by atoms with Crippen molar-refractivity contribution in [2.24, 2.45) is 38.9 Å². The lowest BCUT2D eigenvalue weighted by Gasteiger charge is -2.37. The first kappa shape index (κ1) is 86.9. The van der Waals surface area contributed by atoms with E-state index in [2.05, 4.69) is 90.9 Å². The van der Waals surface area contributed by atoms with Crippen LogP contribution in [-0.2, 0) is 30.7 Å². The number of anilines is 2. The number of piperidine rings is 3. The number of carboxylic acid groups (broad SMARTS) is 2. The summed E-state index contributed by atoms with van der Waals surface area (Å²) in [4.78, 5) is 35.1. The summed E-state index contributed by atoms with van der Waals surface area (Å²) in [6.45, 7) is 5.27. The van der Waals surface area contributed by atoms with Gasteiger partial charge in [0.1, 0.15) is 40.7 Å². The summed E-state index contributed by atoms with van der Waals surface area (Å²) in [6, 6.07) is 36.8. The number of carbonyl (C=O) groups is 2. The predicted molar refractivity (Wildman–Crippen MR) is 440 cm³/mol. The molecule has 7 aromatic carbocycles. The number of aryl methyl sites for hydroxylation is 3. The highest BCUT2D eigenvalue weighted by Gasteiger charge is 2.43. The van der Waals surface area contributed by atoms with E-state index in [0.717, 1.165) is 165 Å². The lowest BCUT2D eigenvalue weighted by atomic mass is 9.85. The second-order valence-corrected chi connectivity index (χ2v) is 32.1. The van der Waals surface area contributed by atoms with Crippen molar-refractivity contribution < 1.29 is 76.9 Å². The van der Waals surface area contributed by atoms with Gasteiger partial charge in [0.15, 0.2) is 0 Å². The van der Waals surface area contributed by atoms with Crippen LogP contribution in [0.4, 0.5) is 68.5 Å². The molecule has 19 nitrogen and oxygen atoms in total. The van der Waals surface area contributed by atoms with E-state index in [1.165, 1.54) is 12.1 Å². The molecule has 13 aromatic rings. The number of hydrogen-bond donors (Lipinski definition) is 3. The average Bonchev–Trinajstić information content (AvgIpc) is 1.60. The van der Waals surface area contributed by atoms with Crippen LogP contribution in [0, 0.1) is 62.0 Å². The molecule has 0 amide bonds. The van der Waals surface area contributed by atoms with Gasteiger partial charge < -0.3 is 39.0 Å². The fourth-order valence-electron chi connectivity index (χ4n) is 16.0. The largest absolute Gasteiger partial charge is 0.490 e. The number of benzene rings is 7. The van der Waals surface area contributed by atoms with Gasteiger partial charge in [0.25, 0.3) is 0 Å². The van der Waals surface area contributed by atoms with E-state index in [1.54, 1.807) is 107 Å². The number of aliphatic carboxylic acids is 2. The van der Waals surface area contributed by atoms with Crippen molar-refractivity contribution in [2.75, 3.05) is 49.1 Å². The topological polar surface area (TPSA) is 200 Å². The molecule has 6 aromatic heterocycles. The first-order valence-corrected chi connectivity index (χ1v) is 40.3. The summed E-state index contributed by atoms with van der Waals surface area (Å²) in [5.74, 6) is -5.69. The Morgan fingerprint density at radius 3 is 1.01 bits per heavy atom. The standard InChI is InChI=1S/2C25H23F2N5.C15H16FN3.C10H8BrFN2.C6H3BrFI.2C2HF3O2/c2*1-30-14-17(12-29-30)19-6-5-18(11-22(19)27)31-9-7-16(8-10-31)25-24-20(3-2-4-21(24)26)23-13-28-15-32(23)25;16-12-3-1-2-11-13-8-18-9-19(13)15(14(11)12)10-4-6-17-7-5-10;1-14-6-7(5-13-14)9-3-2-8(11)4-10(9)12;7-4-1-2-6(9)5(8)3-4;2*3-2(4,5)1(6)7/h2*2-6,11-16,25H,7-10H2,1H3;1-3,8-10,15,17H,4-7H2;2-6H,1H3;1-3H;2*(H,6,7). The summed E-state index contributed by atoms with van der Waals surface area (Å²) in [5, 5.41) is 29.9. The molecular weight excluding hydrogens is 1830 g/mol. The first-order chi connectivity index (χ1) is 57.3. The summed E-state index contributed by atoms with van der Waals surface area (Å²) in [5.41, 5.74) is 14.2. The third-order valence-corrected chi connectivity index (χ3v) is 23.4. The van der Waals surface area contributed by atoms with Gasteiger partial charge in [-0.15, -0.1) is 0 Å². The minimum Gasteiger partial charge on any atom is -0.475 e. The Morgan fingerprint density at radius 1 is 0.408 bits per heavy atom. The van der Waals surface area contributed by atoms with Crippen molar-refractivity contribution in [1.29, 1.82) is 0 Å². The molecule has 12 heterocycles. The predicted octanol–water partition coefficient (Wildman–Crippen LogP) is 20.1. The number of carboxylic acids is 2. The van der Waals surface area contributed by atoms with E-state index in [-0.39, 0.29) is 58.8 Å². The molecule has 120 heavy (non-hydrogen) atoms. The number of rotatable bonds is 8. The molecule has 0 radical (unpaired) electrons. The average molecular weight is 1900 g/mol. The Kier molecular flexibility index (Phi) is 27.1. The molecule has 3 unspecified atom stereocenters. The van der Waals surface area contributed by atoms with Crippen molar-refractivity contribution in [1.82, 2.24) is 63.3 Å². The fraction of sp³-hybridized carbons (Fsp3) is 0.271. The molecule has 0 saturated carbocycles. The minimum absolute atomic E-state index is 0.0319. The highest BCUT2D eigenvalue weighted by Crippen LogP contribution is 2.50. The molecule has 3 atom stereocenters. The molecule has 0 spiro atoms. The highest BCUT2D eigenvalue weighted by atomic mass is 127. The molecule has 3 N–H and O–H groups in total. The van der Waals surface area contributed by atoms with Gasteiger partial charge >= 0.3 is 24.3 Å². The monoisotopic (exact) mass is 1900 g/mol. The Bertz CT molecular complexity index is 5580. The van der Waals surface area contributed by atoms with Crippen LogP contribution in [0.1, 0.15) is 73.3 Å². The Morgan fingerprint density at radius 2 is 0.717 bits per heavy atom. The number of aromatic nitrogens is 12. The van der Waals surface area contributed by atoms with Crippen molar-refractivity contribution in [3.8, 4) is 67.2 Å². The van der Waals surface area contributed by atoms with E-state index in [9.17, 15) is 57.1 Å². The summed E-state index contributed by atoms with van der Waals surface area (Å²) < 4.78 is 177. The van der Waals surface area contributed by atoms with Crippen molar-refractivity contribution >= 4 is 77.8 Å². The van der Waals surface area contributed by atoms with Crippen molar-refractivity contribution in [3.63, 3.8) is 0 Å². The third kappa shape index (κ3) is 19.6. The number of nitrogens with zero attached hydrogens (tertiary/aromatic N) is 14. The van der Waals surface area contributed by atoms with Gasteiger partial charge in [-0.25, -0.2) is 55.3 Å². The lowest BCUT2D eigenvalue weighted by molar-refractivity contribution is -0.193. The fourth-order valence-corrected chi connectivity index (χ4v) is 17.0. The van der Waals surface area contributed by atoms with Gasteiger partial charge in [-0.05, 0) is 177 Å². The van der Waals surface area contributed by atoms with Gasteiger partial charge in [-0.3, -0.25) is 14.0 Å². The van der Waals surface area contributed by atoms with Crippen LogP contribution in [0.15, 0.2) is 211 Å². The lowest BCUT2D eigenvalue weighted by Crippen LogP contribution is -2.36. The Hall–Kier alpha value is -10.9. The molecule has 626 valence electrons. The molecule has 6 aliphatic rings. The molecule has 19 rings (SSSR count). The van der Waals surface area contributed by atoms with E-state index < -0.39 is 24.3 Å². The van der Waals surface area contributed by atoms with Gasteiger partial charge in [0.2, 0.25) is 0 Å². The maximum absolute atomic E-state index is 14.8. The summed E-state index contributed by atoms with van der Waals surface area (Å²) in [7, 11) is 5.45. The number of halogens is 16. The van der Waals surface area contributed by atoms with E-state index in [0.29, 0.717) is 38.0 Å². The minimum atomic E-state index is -5.08. The zero-order valence-corrected chi connectivity index (χ0v) is 69.4. The van der Waals surface area contributed by atoms with Crippen LogP contribution < -0.4 is 15.1 Å². The van der Waals surface area contributed by atoms with E-state index in [4.69, 9.17) is 19.8 Å². The smallest absolute Gasteiger partial charge is 0.475 e. The molecule has 0 aliphatic carbocycles. The number of imidazole rings is 3. The van der Waals surface area contributed by atoms with E-state index in [1.807, 2.05) is 141 Å². The normalized spacial score (nSPS) is 16.4. The molecular formula is C85H75Br2F13IN15O4. The van der Waals surface area contributed by atoms with Crippen LogP contribution in [0.5, 0.6) is 0 Å². The first-order valence-electron chi connectivity index (χ1n) is 37.7. The van der Waals surface area contributed by atoms with Gasteiger partial charge in [-0.2, -0.15) is 41.6 Å². The van der Waals surface area contributed by atoms with Gasteiger partial charge in [0, 0.05) is 157 Å². The van der Waals surface area contributed by atoms with Crippen LogP contribution in [0.2, 0.25) is 0 Å². The Balaban J connectivity index is 0.000000131. The highest BCUT2D eigenvalue weighted by molar-refractivity contribution is 14.1. The van der Waals surface area contributed by atoms with Crippen LogP contribution in [0.3, 0.4) is 0 Å². The van der Waals surface area contributed by atoms with Gasteiger partial charge in [-0.1, -0.05) is 74.3 Å². The number of nitrogens with one attached hydrogen (secondary N) is 1. The maximum Gasteiger partial charge on any atom is 0.490 e.